The van der Waals surface area contributed by atoms with Crippen LogP contribution < -0.4 is 5.32 Å². The molecule has 1 aliphatic rings. The van der Waals surface area contributed by atoms with Crippen molar-refractivity contribution in [3.63, 3.8) is 0 Å². The summed E-state index contributed by atoms with van der Waals surface area (Å²) in [4.78, 5) is 3.94. The van der Waals surface area contributed by atoms with Crippen molar-refractivity contribution in [2.24, 2.45) is 5.92 Å². The Morgan fingerprint density at radius 3 is 2.72 bits per heavy atom. The highest BCUT2D eigenvalue weighted by Crippen LogP contribution is 2.23. The molecule has 1 aliphatic heterocycles. The van der Waals surface area contributed by atoms with Crippen LogP contribution in [0.5, 0.6) is 0 Å². The molecule has 1 aromatic rings. The van der Waals surface area contributed by atoms with E-state index < -0.39 is 0 Å². The van der Waals surface area contributed by atoms with E-state index in [0.29, 0.717) is 0 Å². The first-order chi connectivity index (χ1) is 8.28. The topological polar surface area (TPSA) is 15.3 Å². The fourth-order valence-electron chi connectivity index (χ4n) is 2.35. The first-order valence-electron chi connectivity index (χ1n) is 6.44. The summed E-state index contributed by atoms with van der Waals surface area (Å²) in [6, 6.07) is 2.09. The normalized spacial score (nSPS) is 17.7. The maximum Gasteiger partial charge on any atom is 0.0516 e. The van der Waals surface area contributed by atoms with Gasteiger partial charge in [-0.25, -0.2) is 0 Å². The third kappa shape index (κ3) is 5.06. The molecule has 2 rings (SSSR count). The zero-order valence-electron chi connectivity index (χ0n) is 10.8. The Hall–Kier alpha value is 0.200. The predicted molar refractivity (Wildman–Crippen MR) is 83.1 cm³/mol. The van der Waals surface area contributed by atoms with Gasteiger partial charge in [-0.3, -0.25) is 4.90 Å². The highest BCUT2D eigenvalue weighted by molar-refractivity contribution is 7.10. The number of hydrogen-bond donors (Lipinski definition) is 1. The fraction of sp³-hybridized carbons (Fsp3) is 0.692. The number of nitrogens with one attached hydrogen (secondary N) is 1. The monoisotopic (exact) mass is 308 g/mol. The molecule has 1 aromatic heterocycles. The lowest BCUT2D eigenvalue weighted by Gasteiger charge is -2.31. The van der Waals surface area contributed by atoms with Crippen LogP contribution in [0.1, 0.15) is 24.6 Å². The first-order valence-corrected chi connectivity index (χ1v) is 7.69. The summed E-state index contributed by atoms with van der Waals surface area (Å²) in [6.07, 6.45) is 2.65. The van der Waals surface area contributed by atoms with Gasteiger partial charge in [-0.2, -0.15) is 0 Å². The zero-order chi connectivity index (χ0) is 12.1. The van der Waals surface area contributed by atoms with Gasteiger partial charge in [0.25, 0.3) is 0 Å². The quantitative estimate of drug-likeness (QED) is 0.893. The van der Waals surface area contributed by atoms with Crippen LogP contribution in [-0.2, 0) is 6.54 Å². The SMILES string of the molecule is CCNCC1CCN(Cc2cc(Cl)cs2)CC1.Cl. The summed E-state index contributed by atoms with van der Waals surface area (Å²) in [7, 11) is 0. The second kappa shape index (κ2) is 8.39. The molecule has 1 N–H and O–H groups in total. The van der Waals surface area contributed by atoms with Crippen molar-refractivity contribution < 1.29 is 0 Å². The number of likely N-dealkylation sites (tertiary alicyclic amines) is 1. The van der Waals surface area contributed by atoms with E-state index >= 15 is 0 Å². The number of nitrogens with zero attached hydrogens (tertiary/aromatic N) is 1. The van der Waals surface area contributed by atoms with E-state index in [9.17, 15) is 0 Å². The van der Waals surface area contributed by atoms with Gasteiger partial charge in [0.1, 0.15) is 0 Å². The van der Waals surface area contributed by atoms with Crippen molar-refractivity contribution >= 4 is 35.3 Å². The standard InChI is InChI=1S/C13H21ClN2S.ClH/c1-2-15-8-11-3-5-16(6-4-11)9-13-7-12(14)10-17-13;/h7,10-11,15H,2-6,8-9H2,1H3;1H. The summed E-state index contributed by atoms with van der Waals surface area (Å²) >= 11 is 7.71. The van der Waals surface area contributed by atoms with E-state index in [1.54, 1.807) is 11.3 Å². The van der Waals surface area contributed by atoms with E-state index in [2.05, 4.69) is 23.2 Å². The second-order valence-electron chi connectivity index (χ2n) is 4.76. The molecule has 2 heterocycles. The lowest BCUT2D eigenvalue weighted by atomic mass is 9.97. The van der Waals surface area contributed by atoms with Crippen molar-refractivity contribution in [1.29, 1.82) is 0 Å². The van der Waals surface area contributed by atoms with Crippen LogP contribution in [0.2, 0.25) is 5.02 Å². The van der Waals surface area contributed by atoms with E-state index in [1.165, 1.54) is 37.4 Å². The molecule has 104 valence electrons. The molecule has 0 unspecified atom stereocenters. The molecule has 0 aliphatic carbocycles. The third-order valence-corrected chi connectivity index (χ3v) is 4.66. The Bertz CT molecular complexity index is 335. The van der Waals surface area contributed by atoms with Crippen LogP contribution in [0, 0.1) is 5.92 Å². The van der Waals surface area contributed by atoms with Crippen molar-refractivity contribution in [3.05, 3.63) is 21.3 Å². The number of thiophene rings is 1. The Labute approximate surface area is 125 Å². The summed E-state index contributed by atoms with van der Waals surface area (Å²) in [5.41, 5.74) is 0. The van der Waals surface area contributed by atoms with E-state index in [-0.39, 0.29) is 12.4 Å². The molecule has 1 saturated heterocycles. The average Bonchev–Trinajstić information content (AvgIpc) is 2.74. The van der Waals surface area contributed by atoms with Crippen LogP contribution >= 0.6 is 35.3 Å². The number of piperidine rings is 1. The van der Waals surface area contributed by atoms with Gasteiger partial charge in [-0.05, 0) is 51.0 Å². The molecule has 0 radical (unpaired) electrons. The summed E-state index contributed by atoms with van der Waals surface area (Å²) in [6.45, 7) is 7.99. The Balaban J connectivity index is 0.00000162. The van der Waals surface area contributed by atoms with E-state index in [0.717, 1.165) is 24.0 Å². The minimum Gasteiger partial charge on any atom is -0.317 e. The Morgan fingerprint density at radius 1 is 1.44 bits per heavy atom. The van der Waals surface area contributed by atoms with E-state index in [1.807, 2.05) is 5.38 Å². The lowest BCUT2D eigenvalue weighted by molar-refractivity contribution is 0.177. The maximum atomic E-state index is 5.94. The Kier molecular flexibility index (Phi) is 7.57. The summed E-state index contributed by atoms with van der Waals surface area (Å²) in [5, 5.41) is 6.36. The van der Waals surface area contributed by atoms with Gasteiger partial charge in [0.05, 0.1) is 5.02 Å². The molecule has 0 bridgehead atoms. The lowest BCUT2D eigenvalue weighted by Crippen LogP contribution is -2.36. The third-order valence-electron chi connectivity index (χ3n) is 3.39. The molecule has 2 nitrogen and oxygen atoms in total. The molecule has 0 saturated carbocycles. The molecule has 0 aromatic carbocycles. The second-order valence-corrected chi connectivity index (χ2v) is 6.19. The van der Waals surface area contributed by atoms with Crippen LogP contribution in [0.4, 0.5) is 0 Å². The van der Waals surface area contributed by atoms with E-state index in [4.69, 9.17) is 11.6 Å². The van der Waals surface area contributed by atoms with Crippen LogP contribution in [0.15, 0.2) is 11.4 Å². The molecule has 5 heteroatoms. The van der Waals surface area contributed by atoms with Crippen molar-refractivity contribution in [2.45, 2.75) is 26.3 Å². The van der Waals surface area contributed by atoms with Crippen molar-refractivity contribution in [2.75, 3.05) is 26.2 Å². The van der Waals surface area contributed by atoms with Gasteiger partial charge in [-0.15, -0.1) is 23.7 Å². The highest BCUT2D eigenvalue weighted by Gasteiger charge is 2.18. The zero-order valence-corrected chi connectivity index (χ0v) is 13.2. The summed E-state index contributed by atoms with van der Waals surface area (Å²) < 4.78 is 0. The molecule has 0 spiro atoms. The number of rotatable bonds is 5. The van der Waals surface area contributed by atoms with Crippen molar-refractivity contribution in [1.82, 2.24) is 10.2 Å². The van der Waals surface area contributed by atoms with Gasteiger partial charge in [0.15, 0.2) is 0 Å². The molecule has 0 atom stereocenters. The summed E-state index contributed by atoms with van der Waals surface area (Å²) in [5.74, 6) is 0.873. The molecular formula is C13H22Cl2N2S. The minimum atomic E-state index is 0. The van der Waals surface area contributed by atoms with Gasteiger partial charge in [0, 0.05) is 16.8 Å². The number of hydrogen-bond acceptors (Lipinski definition) is 3. The first kappa shape index (κ1) is 16.3. The number of halogens is 2. The predicted octanol–water partition coefficient (Wildman–Crippen LogP) is 3.64. The average molecular weight is 309 g/mol. The van der Waals surface area contributed by atoms with Gasteiger partial charge >= 0.3 is 0 Å². The van der Waals surface area contributed by atoms with Crippen LogP contribution in [-0.4, -0.2) is 31.1 Å². The largest absolute Gasteiger partial charge is 0.317 e. The fourth-order valence-corrected chi connectivity index (χ4v) is 3.47. The molecule has 18 heavy (non-hydrogen) atoms. The van der Waals surface area contributed by atoms with Gasteiger partial charge in [-0.1, -0.05) is 18.5 Å². The molecule has 1 fully saturated rings. The van der Waals surface area contributed by atoms with Gasteiger partial charge in [0.2, 0.25) is 0 Å². The minimum absolute atomic E-state index is 0. The maximum absolute atomic E-state index is 5.94. The molecule has 0 amide bonds. The van der Waals surface area contributed by atoms with Crippen molar-refractivity contribution in [3.8, 4) is 0 Å². The molecular weight excluding hydrogens is 287 g/mol. The Morgan fingerprint density at radius 2 is 2.17 bits per heavy atom. The van der Waals surface area contributed by atoms with Crippen LogP contribution in [0.3, 0.4) is 0 Å². The highest BCUT2D eigenvalue weighted by atomic mass is 35.5. The van der Waals surface area contributed by atoms with Crippen LogP contribution in [0.25, 0.3) is 0 Å². The smallest absolute Gasteiger partial charge is 0.0516 e. The van der Waals surface area contributed by atoms with Gasteiger partial charge < -0.3 is 5.32 Å².